The maximum atomic E-state index is 13.4. The van der Waals surface area contributed by atoms with Crippen LogP contribution in [-0.4, -0.2) is 22.7 Å². The van der Waals surface area contributed by atoms with Crippen LogP contribution in [0.5, 0.6) is 5.75 Å². The summed E-state index contributed by atoms with van der Waals surface area (Å²) in [5.41, 5.74) is -1.13. The zero-order valence-corrected chi connectivity index (χ0v) is 12.9. The number of amides is 1. The SMILES string of the molecule is CC(O)(CNC(=O)c1cc(F)c(O)c(Cl)c1)c1ccc(F)cc1. The first-order chi connectivity index (χ1) is 10.7. The lowest BCUT2D eigenvalue weighted by Gasteiger charge is -2.24. The molecule has 23 heavy (non-hydrogen) atoms. The quantitative estimate of drug-likeness (QED) is 0.800. The summed E-state index contributed by atoms with van der Waals surface area (Å²) in [6, 6.07) is 7.14. The molecule has 0 spiro atoms. The van der Waals surface area contributed by atoms with Gasteiger partial charge in [0.1, 0.15) is 11.4 Å². The molecule has 0 heterocycles. The minimum Gasteiger partial charge on any atom is -0.504 e. The zero-order chi connectivity index (χ0) is 17.2. The summed E-state index contributed by atoms with van der Waals surface area (Å²) in [4.78, 5) is 12.0. The Morgan fingerprint density at radius 2 is 1.87 bits per heavy atom. The Kier molecular flexibility index (Phi) is 4.87. The predicted molar refractivity (Wildman–Crippen MR) is 81.4 cm³/mol. The van der Waals surface area contributed by atoms with Gasteiger partial charge in [0.25, 0.3) is 5.91 Å². The lowest BCUT2D eigenvalue weighted by atomic mass is 9.96. The summed E-state index contributed by atoms with van der Waals surface area (Å²) in [6.45, 7) is 1.27. The van der Waals surface area contributed by atoms with Crippen LogP contribution in [0.3, 0.4) is 0 Å². The van der Waals surface area contributed by atoms with E-state index in [1.54, 1.807) is 0 Å². The number of carbonyl (C=O) groups excluding carboxylic acids is 1. The maximum absolute atomic E-state index is 13.4. The van der Waals surface area contributed by atoms with Crippen molar-refractivity contribution in [3.63, 3.8) is 0 Å². The van der Waals surface area contributed by atoms with E-state index < -0.39 is 28.9 Å². The van der Waals surface area contributed by atoms with Gasteiger partial charge in [-0.1, -0.05) is 23.7 Å². The average Bonchev–Trinajstić information content (AvgIpc) is 2.50. The molecule has 0 aliphatic rings. The van der Waals surface area contributed by atoms with Crippen LogP contribution >= 0.6 is 11.6 Å². The summed E-state index contributed by atoms with van der Waals surface area (Å²) in [6.07, 6.45) is 0. The fourth-order valence-corrected chi connectivity index (χ4v) is 2.17. The molecule has 0 fully saturated rings. The number of nitrogens with one attached hydrogen (secondary N) is 1. The Hall–Kier alpha value is -2.18. The fourth-order valence-electron chi connectivity index (χ4n) is 1.96. The summed E-state index contributed by atoms with van der Waals surface area (Å²) >= 11 is 5.61. The molecule has 0 bridgehead atoms. The third-order valence-electron chi connectivity index (χ3n) is 3.34. The van der Waals surface area contributed by atoms with Crippen LogP contribution in [0.25, 0.3) is 0 Å². The van der Waals surface area contributed by atoms with Gasteiger partial charge >= 0.3 is 0 Å². The lowest BCUT2D eigenvalue weighted by Crippen LogP contribution is -2.38. The molecular weight excluding hydrogens is 328 g/mol. The van der Waals surface area contributed by atoms with Crippen molar-refractivity contribution >= 4 is 17.5 Å². The second kappa shape index (κ2) is 6.52. The van der Waals surface area contributed by atoms with Crippen molar-refractivity contribution in [3.8, 4) is 5.75 Å². The highest BCUT2D eigenvalue weighted by atomic mass is 35.5. The van der Waals surface area contributed by atoms with Crippen molar-refractivity contribution in [2.75, 3.05) is 6.54 Å². The second-order valence-electron chi connectivity index (χ2n) is 5.25. The summed E-state index contributed by atoms with van der Waals surface area (Å²) in [7, 11) is 0. The molecule has 0 aliphatic carbocycles. The number of rotatable bonds is 4. The molecule has 3 N–H and O–H groups in total. The van der Waals surface area contributed by atoms with E-state index in [1.165, 1.54) is 31.2 Å². The van der Waals surface area contributed by atoms with E-state index in [2.05, 4.69) is 5.32 Å². The molecule has 122 valence electrons. The largest absolute Gasteiger partial charge is 0.504 e. The molecule has 0 aromatic heterocycles. The number of hydrogen-bond donors (Lipinski definition) is 3. The highest BCUT2D eigenvalue weighted by Crippen LogP contribution is 2.27. The van der Waals surface area contributed by atoms with Gasteiger partial charge in [-0.05, 0) is 36.8 Å². The topological polar surface area (TPSA) is 69.6 Å². The number of phenols is 1. The van der Waals surface area contributed by atoms with Crippen molar-refractivity contribution in [2.45, 2.75) is 12.5 Å². The minimum absolute atomic E-state index is 0.0970. The van der Waals surface area contributed by atoms with Gasteiger partial charge in [0.15, 0.2) is 11.6 Å². The Morgan fingerprint density at radius 3 is 2.43 bits per heavy atom. The van der Waals surface area contributed by atoms with E-state index >= 15 is 0 Å². The average molecular weight is 342 g/mol. The van der Waals surface area contributed by atoms with E-state index in [-0.39, 0.29) is 17.1 Å². The van der Waals surface area contributed by atoms with E-state index in [9.17, 15) is 23.8 Å². The molecule has 2 rings (SSSR count). The number of hydrogen-bond acceptors (Lipinski definition) is 3. The van der Waals surface area contributed by atoms with Crippen molar-refractivity contribution in [1.29, 1.82) is 0 Å². The van der Waals surface area contributed by atoms with Crippen LogP contribution in [0, 0.1) is 11.6 Å². The molecule has 0 saturated carbocycles. The molecule has 2 aromatic rings. The van der Waals surface area contributed by atoms with Gasteiger partial charge < -0.3 is 15.5 Å². The highest BCUT2D eigenvalue weighted by molar-refractivity contribution is 6.32. The standard InChI is InChI=1S/C16H14ClF2NO3/c1-16(23,10-2-4-11(18)5-3-10)8-20-15(22)9-6-12(17)14(21)13(19)7-9/h2-7,21,23H,8H2,1H3,(H,20,22). The molecule has 2 aromatic carbocycles. The van der Waals surface area contributed by atoms with Crippen molar-refractivity contribution in [3.05, 3.63) is 64.2 Å². The first-order valence-corrected chi connectivity index (χ1v) is 7.03. The van der Waals surface area contributed by atoms with Crippen LogP contribution in [0.15, 0.2) is 36.4 Å². The van der Waals surface area contributed by atoms with Gasteiger partial charge in [-0.3, -0.25) is 4.79 Å². The fraction of sp³-hybridized carbons (Fsp3) is 0.188. The molecule has 7 heteroatoms. The zero-order valence-electron chi connectivity index (χ0n) is 12.1. The monoisotopic (exact) mass is 341 g/mol. The lowest BCUT2D eigenvalue weighted by molar-refractivity contribution is 0.0526. The second-order valence-corrected chi connectivity index (χ2v) is 5.66. The van der Waals surface area contributed by atoms with Gasteiger partial charge in [-0.15, -0.1) is 0 Å². The number of aromatic hydroxyl groups is 1. The summed E-state index contributed by atoms with van der Waals surface area (Å²) in [5.74, 6) is -2.87. The van der Waals surface area contributed by atoms with Gasteiger partial charge in [0, 0.05) is 5.56 Å². The van der Waals surface area contributed by atoms with Gasteiger partial charge in [-0.25, -0.2) is 8.78 Å². The number of carbonyl (C=O) groups is 1. The number of aliphatic hydroxyl groups is 1. The first kappa shape index (κ1) is 17.2. The Labute approximate surface area is 136 Å². The highest BCUT2D eigenvalue weighted by Gasteiger charge is 2.24. The van der Waals surface area contributed by atoms with Crippen molar-refractivity contribution in [2.24, 2.45) is 0 Å². The first-order valence-electron chi connectivity index (χ1n) is 6.65. The third kappa shape index (κ3) is 3.97. The van der Waals surface area contributed by atoms with E-state index in [4.69, 9.17) is 11.6 Å². The van der Waals surface area contributed by atoms with Crippen molar-refractivity contribution in [1.82, 2.24) is 5.32 Å². The number of halogens is 3. The van der Waals surface area contributed by atoms with Crippen LogP contribution in [0.1, 0.15) is 22.8 Å². The molecule has 0 aliphatic heterocycles. The van der Waals surface area contributed by atoms with E-state index in [1.807, 2.05) is 0 Å². The number of phenolic OH excluding ortho intramolecular Hbond substituents is 1. The molecule has 1 amide bonds. The molecule has 1 atom stereocenters. The van der Waals surface area contributed by atoms with Gasteiger partial charge in [0.05, 0.1) is 11.6 Å². The van der Waals surface area contributed by atoms with Crippen LogP contribution in [-0.2, 0) is 5.60 Å². The molecule has 1 unspecified atom stereocenters. The molecule has 0 saturated heterocycles. The van der Waals surface area contributed by atoms with Gasteiger partial charge in [-0.2, -0.15) is 0 Å². The van der Waals surface area contributed by atoms with Crippen LogP contribution in [0.4, 0.5) is 8.78 Å². The van der Waals surface area contributed by atoms with Crippen LogP contribution < -0.4 is 5.32 Å². The Balaban J connectivity index is 2.10. The van der Waals surface area contributed by atoms with Gasteiger partial charge in [0.2, 0.25) is 0 Å². The number of benzene rings is 2. The van der Waals surface area contributed by atoms with E-state index in [0.717, 1.165) is 12.1 Å². The Morgan fingerprint density at radius 1 is 1.26 bits per heavy atom. The van der Waals surface area contributed by atoms with Crippen molar-refractivity contribution < 1.29 is 23.8 Å². The predicted octanol–water partition coefficient (Wildman–Crippen LogP) is 2.96. The normalized spacial score (nSPS) is 13.4. The summed E-state index contributed by atoms with van der Waals surface area (Å²) < 4.78 is 26.3. The third-order valence-corrected chi connectivity index (χ3v) is 3.63. The Bertz CT molecular complexity index is 710. The summed E-state index contributed by atoms with van der Waals surface area (Å²) in [5, 5.41) is 21.7. The van der Waals surface area contributed by atoms with Crippen LogP contribution in [0.2, 0.25) is 5.02 Å². The molecular formula is C16H14ClF2NO3. The molecule has 0 radical (unpaired) electrons. The maximum Gasteiger partial charge on any atom is 0.251 e. The minimum atomic E-state index is -1.44. The smallest absolute Gasteiger partial charge is 0.251 e. The van der Waals surface area contributed by atoms with E-state index in [0.29, 0.717) is 5.56 Å². The molecule has 4 nitrogen and oxygen atoms in total.